The third kappa shape index (κ3) is 3.37. The number of H-pyrrole nitrogens is 1. The van der Waals surface area contributed by atoms with Crippen LogP contribution in [0.2, 0.25) is 0 Å². The van der Waals surface area contributed by atoms with E-state index < -0.39 is 0 Å². The molecule has 6 heteroatoms. The number of aromatic nitrogens is 2. The van der Waals surface area contributed by atoms with Crippen LogP contribution in [0.15, 0.2) is 30.6 Å². The summed E-state index contributed by atoms with van der Waals surface area (Å²) in [5.41, 5.74) is 2.60. The van der Waals surface area contributed by atoms with Gasteiger partial charge in [0.1, 0.15) is 5.75 Å². The van der Waals surface area contributed by atoms with Crippen molar-refractivity contribution in [1.29, 1.82) is 0 Å². The Bertz CT molecular complexity index is 670. The fraction of sp³-hybridized carbons (Fsp3) is 0.412. The predicted octanol–water partition coefficient (Wildman–Crippen LogP) is 2.23. The second kappa shape index (κ2) is 6.83. The van der Waals surface area contributed by atoms with E-state index in [0.29, 0.717) is 18.7 Å². The number of amides is 1. The van der Waals surface area contributed by atoms with E-state index in [4.69, 9.17) is 9.47 Å². The molecule has 2 atom stereocenters. The highest BCUT2D eigenvalue weighted by atomic mass is 16.5. The number of benzene rings is 1. The predicted molar refractivity (Wildman–Crippen MR) is 85.5 cm³/mol. The number of ether oxygens (including phenoxy) is 2. The van der Waals surface area contributed by atoms with Gasteiger partial charge in [-0.15, -0.1) is 0 Å². The van der Waals surface area contributed by atoms with E-state index >= 15 is 0 Å². The highest BCUT2D eigenvalue weighted by Crippen LogP contribution is 2.33. The van der Waals surface area contributed by atoms with E-state index in [1.165, 1.54) is 0 Å². The van der Waals surface area contributed by atoms with Crippen molar-refractivity contribution in [3.8, 4) is 5.75 Å². The average Bonchev–Trinajstić information content (AvgIpc) is 3.23. The van der Waals surface area contributed by atoms with E-state index in [-0.39, 0.29) is 17.9 Å². The Morgan fingerprint density at radius 3 is 3.09 bits per heavy atom. The first-order chi connectivity index (χ1) is 11.2. The summed E-state index contributed by atoms with van der Waals surface area (Å²) in [7, 11) is 1.62. The van der Waals surface area contributed by atoms with Crippen LogP contribution in [0.4, 0.5) is 0 Å². The third-order valence-corrected chi connectivity index (χ3v) is 4.27. The molecule has 23 heavy (non-hydrogen) atoms. The van der Waals surface area contributed by atoms with Gasteiger partial charge in [0.2, 0.25) is 0 Å². The Morgan fingerprint density at radius 1 is 1.52 bits per heavy atom. The van der Waals surface area contributed by atoms with Gasteiger partial charge in [-0.25, -0.2) is 0 Å². The molecule has 1 amide bonds. The van der Waals surface area contributed by atoms with Gasteiger partial charge in [-0.05, 0) is 37.1 Å². The molecule has 1 aliphatic rings. The van der Waals surface area contributed by atoms with E-state index in [9.17, 15) is 4.79 Å². The molecule has 122 valence electrons. The van der Waals surface area contributed by atoms with Gasteiger partial charge < -0.3 is 14.8 Å². The van der Waals surface area contributed by atoms with Gasteiger partial charge in [0.05, 0.1) is 19.4 Å². The van der Waals surface area contributed by atoms with Crippen LogP contribution in [0.25, 0.3) is 0 Å². The van der Waals surface area contributed by atoms with Crippen molar-refractivity contribution in [2.75, 3.05) is 20.3 Å². The molecule has 0 saturated carbocycles. The molecule has 1 aromatic carbocycles. The number of hydrogen-bond donors (Lipinski definition) is 2. The standard InChI is InChI=1S/C17H21N3O3/c1-11-7-14(22-2)3-4-15(11)17(21)18-8-12-5-6-23-16(12)13-9-19-20-10-13/h3-4,7,9-10,12,16H,5-6,8H2,1-2H3,(H,18,21)(H,19,20)/t12-,16+/m1/s1. The number of hydrogen-bond acceptors (Lipinski definition) is 4. The first kappa shape index (κ1) is 15.6. The van der Waals surface area contributed by atoms with Crippen LogP contribution in [0.3, 0.4) is 0 Å². The van der Waals surface area contributed by atoms with Crippen LogP contribution in [0.1, 0.15) is 34.0 Å². The lowest BCUT2D eigenvalue weighted by atomic mass is 9.97. The van der Waals surface area contributed by atoms with E-state index in [0.717, 1.165) is 23.3 Å². The van der Waals surface area contributed by atoms with Crippen LogP contribution in [0, 0.1) is 12.8 Å². The lowest BCUT2D eigenvalue weighted by Crippen LogP contribution is -2.31. The lowest BCUT2D eigenvalue weighted by molar-refractivity contribution is 0.0846. The van der Waals surface area contributed by atoms with Gasteiger partial charge >= 0.3 is 0 Å². The second-order valence-electron chi connectivity index (χ2n) is 5.76. The minimum atomic E-state index is -0.0667. The average molecular weight is 315 g/mol. The Labute approximate surface area is 135 Å². The van der Waals surface area contributed by atoms with Gasteiger partial charge in [0.25, 0.3) is 5.91 Å². The van der Waals surface area contributed by atoms with E-state index in [2.05, 4.69) is 15.5 Å². The summed E-state index contributed by atoms with van der Waals surface area (Å²) in [6.45, 7) is 3.20. The third-order valence-electron chi connectivity index (χ3n) is 4.27. The maximum absolute atomic E-state index is 12.4. The number of carbonyl (C=O) groups is 1. The Balaban J connectivity index is 1.62. The Kier molecular flexibility index (Phi) is 4.62. The number of carbonyl (C=O) groups excluding carboxylic acids is 1. The minimum absolute atomic E-state index is 0.00832. The number of aromatic amines is 1. The summed E-state index contributed by atoms with van der Waals surface area (Å²) in [4.78, 5) is 12.4. The van der Waals surface area contributed by atoms with Crippen LogP contribution >= 0.6 is 0 Å². The normalized spacial score (nSPS) is 20.4. The lowest BCUT2D eigenvalue weighted by Gasteiger charge is -2.18. The first-order valence-corrected chi connectivity index (χ1v) is 7.72. The van der Waals surface area contributed by atoms with Crippen molar-refractivity contribution in [3.63, 3.8) is 0 Å². The van der Waals surface area contributed by atoms with Crippen molar-refractivity contribution in [1.82, 2.24) is 15.5 Å². The Morgan fingerprint density at radius 2 is 2.39 bits per heavy atom. The second-order valence-corrected chi connectivity index (χ2v) is 5.76. The fourth-order valence-electron chi connectivity index (χ4n) is 2.96. The van der Waals surface area contributed by atoms with Crippen molar-refractivity contribution in [2.45, 2.75) is 19.4 Å². The molecule has 3 rings (SSSR count). The van der Waals surface area contributed by atoms with Gasteiger partial charge in [-0.3, -0.25) is 9.89 Å². The molecule has 0 unspecified atom stereocenters. The molecular weight excluding hydrogens is 294 g/mol. The molecule has 0 spiro atoms. The zero-order valence-corrected chi connectivity index (χ0v) is 13.3. The van der Waals surface area contributed by atoms with Crippen LogP contribution in [-0.4, -0.2) is 36.4 Å². The van der Waals surface area contributed by atoms with Crippen LogP contribution in [-0.2, 0) is 4.74 Å². The first-order valence-electron chi connectivity index (χ1n) is 7.72. The Hall–Kier alpha value is -2.34. The number of nitrogens with one attached hydrogen (secondary N) is 2. The van der Waals surface area contributed by atoms with Crippen molar-refractivity contribution in [2.24, 2.45) is 5.92 Å². The molecular formula is C17H21N3O3. The summed E-state index contributed by atoms with van der Waals surface area (Å²) < 4.78 is 10.9. The molecule has 6 nitrogen and oxygen atoms in total. The zero-order valence-electron chi connectivity index (χ0n) is 13.3. The molecule has 1 aromatic heterocycles. The summed E-state index contributed by atoms with van der Waals surface area (Å²) >= 11 is 0. The molecule has 1 aliphatic heterocycles. The molecule has 2 heterocycles. The van der Waals surface area contributed by atoms with Crippen LogP contribution < -0.4 is 10.1 Å². The smallest absolute Gasteiger partial charge is 0.251 e. The summed E-state index contributed by atoms with van der Waals surface area (Å²) in [5, 5.41) is 9.80. The zero-order chi connectivity index (χ0) is 16.2. The monoisotopic (exact) mass is 315 g/mol. The minimum Gasteiger partial charge on any atom is -0.497 e. The van der Waals surface area contributed by atoms with Crippen LogP contribution in [0.5, 0.6) is 5.75 Å². The largest absolute Gasteiger partial charge is 0.497 e. The highest BCUT2D eigenvalue weighted by molar-refractivity contribution is 5.95. The van der Waals surface area contributed by atoms with Gasteiger partial charge in [-0.1, -0.05) is 0 Å². The molecule has 2 aromatic rings. The van der Waals surface area contributed by atoms with Crippen molar-refractivity contribution >= 4 is 5.91 Å². The summed E-state index contributed by atoms with van der Waals surface area (Å²) in [5.74, 6) is 0.946. The molecule has 0 radical (unpaired) electrons. The molecule has 0 bridgehead atoms. The maximum atomic E-state index is 12.4. The number of nitrogens with zero attached hydrogens (tertiary/aromatic N) is 1. The molecule has 2 N–H and O–H groups in total. The topological polar surface area (TPSA) is 76.2 Å². The van der Waals surface area contributed by atoms with Gasteiger partial charge in [-0.2, -0.15) is 5.10 Å². The molecule has 1 fully saturated rings. The quantitative estimate of drug-likeness (QED) is 0.887. The number of rotatable bonds is 5. The molecule has 1 saturated heterocycles. The van der Waals surface area contributed by atoms with E-state index in [1.54, 1.807) is 25.4 Å². The van der Waals surface area contributed by atoms with Crippen molar-refractivity contribution in [3.05, 3.63) is 47.3 Å². The van der Waals surface area contributed by atoms with Crippen molar-refractivity contribution < 1.29 is 14.3 Å². The highest BCUT2D eigenvalue weighted by Gasteiger charge is 2.30. The summed E-state index contributed by atoms with van der Waals surface area (Å²) in [6, 6.07) is 5.46. The van der Waals surface area contributed by atoms with E-state index in [1.807, 2.05) is 19.2 Å². The van der Waals surface area contributed by atoms with Gasteiger partial charge in [0.15, 0.2) is 0 Å². The fourth-order valence-corrected chi connectivity index (χ4v) is 2.96. The summed E-state index contributed by atoms with van der Waals surface area (Å²) in [6.07, 6.45) is 4.54. The number of aryl methyl sites for hydroxylation is 1. The number of methoxy groups -OCH3 is 1. The molecule has 0 aliphatic carbocycles. The SMILES string of the molecule is COc1ccc(C(=O)NC[C@H]2CCO[C@@H]2c2cn[nH]c2)c(C)c1. The van der Waals surface area contributed by atoms with Gasteiger partial charge in [0, 0.05) is 36.4 Å². The maximum Gasteiger partial charge on any atom is 0.251 e.